The van der Waals surface area contributed by atoms with Gasteiger partial charge in [0, 0.05) is 27.1 Å². The Balaban J connectivity index is 1.24. The summed E-state index contributed by atoms with van der Waals surface area (Å²) < 4.78 is 182. The van der Waals surface area contributed by atoms with E-state index in [-0.39, 0.29) is 22.2 Å². The van der Waals surface area contributed by atoms with Crippen molar-refractivity contribution in [2.45, 2.75) is 0 Å². The molecule has 0 saturated carbocycles. The van der Waals surface area contributed by atoms with Gasteiger partial charge in [-0.3, -0.25) is 9.13 Å². The van der Waals surface area contributed by atoms with Crippen molar-refractivity contribution in [3.8, 4) is 67.8 Å². The number of benzene rings is 9. The quantitative estimate of drug-likeness (QED) is 0.161. The molecule has 0 fully saturated rings. The molecule has 5 heteroatoms. The number of hydrogen-bond acceptors (Lipinski definition) is 3. The summed E-state index contributed by atoms with van der Waals surface area (Å²) in [4.78, 5) is 14.8. The molecule has 0 aliphatic rings. The smallest absolute Gasteiger partial charge is 0.240 e. The summed E-state index contributed by atoms with van der Waals surface area (Å²) >= 11 is 0. The van der Waals surface area contributed by atoms with Crippen molar-refractivity contribution in [3.05, 3.63) is 224 Å². The first-order valence-corrected chi connectivity index (χ1v) is 19.3. The Morgan fingerprint density at radius 2 is 0.726 bits per heavy atom. The average molecular weight is 812 g/mol. The fourth-order valence-corrected chi connectivity index (χ4v) is 7.87. The standard InChI is InChI=1S/C57H37N5/c1-3-17-38(18-4-1)42-35-36-49-48-26-13-16-30-53(48)62(54(49)37-42)57-59-55(58-56(60-57)61-51-28-14-11-24-46(51)47-25-12-15-29-52(47)61)50-27-10-9-23-45(50)41-33-31-40(32-34-41)44-22-8-7-21-43(44)39-19-5-2-6-20-39/h1-37H/i1D,3D,4D,11D,12D,13D,14D,15D,16D,17D,18D,24D,25D,26D,28D,29D,30D,35D,36D,37D. The summed E-state index contributed by atoms with van der Waals surface area (Å²) in [5.74, 6) is -1.39. The van der Waals surface area contributed by atoms with Gasteiger partial charge < -0.3 is 0 Å². The van der Waals surface area contributed by atoms with E-state index in [2.05, 4.69) is 0 Å². The maximum Gasteiger partial charge on any atom is 0.240 e. The molecule has 0 aliphatic carbocycles. The van der Waals surface area contributed by atoms with Crippen molar-refractivity contribution in [2.24, 2.45) is 0 Å². The lowest BCUT2D eigenvalue weighted by Crippen LogP contribution is -2.10. The highest BCUT2D eigenvalue weighted by Gasteiger charge is 2.22. The Morgan fingerprint density at radius 1 is 0.306 bits per heavy atom. The maximum atomic E-state index is 9.96. The average Bonchev–Trinajstić information content (AvgIpc) is 2.67. The minimum absolute atomic E-state index is 0.234. The van der Waals surface area contributed by atoms with Gasteiger partial charge in [0.15, 0.2) is 5.82 Å². The van der Waals surface area contributed by atoms with Crippen molar-refractivity contribution in [1.82, 2.24) is 24.1 Å². The van der Waals surface area contributed by atoms with E-state index in [0.29, 0.717) is 11.1 Å². The third-order valence-corrected chi connectivity index (χ3v) is 10.6. The Kier molecular flexibility index (Phi) is 4.91. The molecule has 0 atom stereocenters. The summed E-state index contributed by atoms with van der Waals surface area (Å²) in [6, 6.07) is 17.1. The number of nitrogens with zero attached hydrogens (tertiary/aromatic N) is 5. The lowest BCUT2D eigenvalue weighted by atomic mass is 9.92. The SMILES string of the molecule is [2H]c1c([2H])c([2H])c(-c2c([2H])c([2H])c3c4c([2H])c([2H])c([2H])c([2H])c4n(-c4nc(-c5ccccc5-c5ccc(-c6ccccc6-c6ccccc6)cc5)nc(-n5c6c([2H])c([2H])c([2H])c([2H])c6c6c([2H])c([2H])c([2H])c([2H])c65)n4)c3c2[2H])c([2H])c1[2H]. The third-order valence-electron chi connectivity index (χ3n) is 10.6. The van der Waals surface area contributed by atoms with Crippen LogP contribution in [0.2, 0.25) is 0 Å². The molecular formula is C57H37N5. The molecule has 12 aromatic rings. The predicted octanol–water partition coefficient (Wildman–Crippen LogP) is 14.4. The van der Waals surface area contributed by atoms with Crippen LogP contribution < -0.4 is 0 Å². The van der Waals surface area contributed by atoms with Crippen LogP contribution in [0.25, 0.3) is 111 Å². The molecule has 0 saturated heterocycles. The first-order valence-electron chi connectivity index (χ1n) is 29.3. The molecular weight excluding hydrogens is 755 g/mol. The molecule has 0 amide bonds. The normalized spacial score (nSPS) is 16.1. The van der Waals surface area contributed by atoms with Crippen LogP contribution in [-0.4, -0.2) is 24.1 Å². The minimum atomic E-state index is -0.825. The van der Waals surface area contributed by atoms with E-state index >= 15 is 0 Å². The van der Waals surface area contributed by atoms with Gasteiger partial charge in [-0.2, -0.15) is 15.0 Å². The highest BCUT2D eigenvalue weighted by Crippen LogP contribution is 2.39. The number of para-hydroxylation sites is 3. The Morgan fingerprint density at radius 3 is 1.27 bits per heavy atom. The maximum absolute atomic E-state index is 9.96. The monoisotopic (exact) mass is 811 g/mol. The molecule has 62 heavy (non-hydrogen) atoms. The number of rotatable bonds is 7. The van der Waals surface area contributed by atoms with Crippen LogP contribution in [0.15, 0.2) is 224 Å². The molecule has 0 N–H and O–H groups in total. The van der Waals surface area contributed by atoms with Gasteiger partial charge in [0.25, 0.3) is 0 Å². The van der Waals surface area contributed by atoms with E-state index in [9.17, 15) is 9.60 Å². The van der Waals surface area contributed by atoms with Crippen molar-refractivity contribution in [3.63, 3.8) is 0 Å². The third kappa shape index (κ3) is 5.90. The highest BCUT2D eigenvalue weighted by atomic mass is 15.3. The van der Waals surface area contributed by atoms with Gasteiger partial charge in [-0.1, -0.05) is 200 Å². The summed E-state index contributed by atoms with van der Waals surface area (Å²) in [6.45, 7) is 0. The molecule has 0 unspecified atom stereocenters. The van der Waals surface area contributed by atoms with E-state index in [0.717, 1.165) is 31.4 Å². The molecule has 12 rings (SSSR count). The van der Waals surface area contributed by atoms with Crippen LogP contribution in [0.1, 0.15) is 27.4 Å². The summed E-state index contributed by atoms with van der Waals surface area (Å²) in [5.41, 5.74) is 2.21. The van der Waals surface area contributed by atoms with Gasteiger partial charge in [0.05, 0.1) is 49.5 Å². The number of fused-ring (bicyclic) bond motifs is 6. The molecule has 9 aromatic carbocycles. The first-order chi connectivity index (χ1) is 39.1. The summed E-state index contributed by atoms with van der Waals surface area (Å²) in [6.07, 6.45) is 0. The zero-order valence-electron chi connectivity index (χ0n) is 52.1. The largest absolute Gasteiger partial charge is 0.278 e. The first kappa shape index (κ1) is 20.7. The second kappa shape index (κ2) is 14.7. The van der Waals surface area contributed by atoms with Crippen LogP contribution in [0.4, 0.5) is 0 Å². The van der Waals surface area contributed by atoms with Crippen molar-refractivity contribution in [2.75, 3.05) is 0 Å². The minimum Gasteiger partial charge on any atom is -0.278 e. The van der Waals surface area contributed by atoms with Crippen LogP contribution in [0.3, 0.4) is 0 Å². The Labute approximate surface area is 386 Å². The molecule has 3 heterocycles. The number of aromatic nitrogens is 5. The molecule has 0 radical (unpaired) electrons. The van der Waals surface area contributed by atoms with Crippen molar-refractivity contribution in [1.29, 1.82) is 0 Å². The van der Waals surface area contributed by atoms with E-state index in [4.69, 9.17) is 32.8 Å². The van der Waals surface area contributed by atoms with Gasteiger partial charge in [0.2, 0.25) is 11.9 Å². The topological polar surface area (TPSA) is 48.5 Å². The van der Waals surface area contributed by atoms with Gasteiger partial charge in [-0.25, -0.2) is 0 Å². The highest BCUT2D eigenvalue weighted by molar-refractivity contribution is 6.11. The second-order valence-corrected chi connectivity index (χ2v) is 14.1. The zero-order valence-corrected chi connectivity index (χ0v) is 32.1. The zero-order chi connectivity index (χ0) is 58.4. The predicted molar refractivity (Wildman–Crippen MR) is 256 cm³/mol. The van der Waals surface area contributed by atoms with E-state index in [1.54, 1.807) is 24.3 Å². The lowest BCUT2D eigenvalue weighted by Gasteiger charge is -2.15. The van der Waals surface area contributed by atoms with Gasteiger partial charge in [0.1, 0.15) is 0 Å². The van der Waals surface area contributed by atoms with E-state index in [1.165, 1.54) is 0 Å². The van der Waals surface area contributed by atoms with E-state index in [1.807, 2.05) is 78.9 Å². The molecule has 0 aliphatic heterocycles. The van der Waals surface area contributed by atoms with Gasteiger partial charge in [-0.15, -0.1) is 0 Å². The molecule has 290 valence electrons. The summed E-state index contributed by atoms with van der Waals surface area (Å²) in [7, 11) is 0. The van der Waals surface area contributed by atoms with Crippen LogP contribution in [0.5, 0.6) is 0 Å². The van der Waals surface area contributed by atoms with Crippen molar-refractivity contribution < 1.29 is 27.4 Å². The fourth-order valence-electron chi connectivity index (χ4n) is 7.87. The molecule has 0 bridgehead atoms. The molecule has 5 nitrogen and oxygen atoms in total. The van der Waals surface area contributed by atoms with Crippen LogP contribution >= 0.6 is 0 Å². The second-order valence-electron chi connectivity index (χ2n) is 14.1. The van der Waals surface area contributed by atoms with Crippen LogP contribution in [0, 0.1) is 0 Å². The Hall–Kier alpha value is -8.41. The number of hydrogen-bond donors (Lipinski definition) is 0. The lowest BCUT2D eigenvalue weighted by molar-refractivity contribution is 0.893. The van der Waals surface area contributed by atoms with Crippen molar-refractivity contribution >= 4 is 43.6 Å². The fraction of sp³-hybridized carbons (Fsp3) is 0. The Bertz CT molecular complexity index is 4700. The molecule has 3 aromatic heterocycles. The summed E-state index contributed by atoms with van der Waals surface area (Å²) in [5, 5.41) is -1.45. The van der Waals surface area contributed by atoms with Gasteiger partial charge >= 0.3 is 0 Å². The van der Waals surface area contributed by atoms with E-state index < -0.39 is 177 Å². The molecule has 0 spiro atoms. The van der Waals surface area contributed by atoms with Gasteiger partial charge in [-0.05, 0) is 68.7 Å². The van der Waals surface area contributed by atoms with Crippen LogP contribution in [-0.2, 0) is 0 Å².